The van der Waals surface area contributed by atoms with Gasteiger partial charge < -0.3 is 4.90 Å². The van der Waals surface area contributed by atoms with Gasteiger partial charge in [0.05, 0.1) is 5.56 Å². The van der Waals surface area contributed by atoms with Crippen molar-refractivity contribution in [1.29, 1.82) is 0 Å². The zero-order chi connectivity index (χ0) is 25.1. The van der Waals surface area contributed by atoms with Crippen LogP contribution in [0.3, 0.4) is 0 Å². The van der Waals surface area contributed by atoms with Crippen LogP contribution < -0.4 is 0 Å². The van der Waals surface area contributed by atoms with Crippen LogP contribution in [0, 0.1) is 46.2 Å². The molecule has 1 heterocycles. The first kappa shape index (κ1) is 24.6. The maximum Gasteiger partial charge on any atom is 0.231 e. The molecule has 35 heavy (non-hydrogen) atoms. The fourth-order valence-corrected chi connectivity index (χ4v) is 9.45. The Kier molecular flexibility index (Phi) is 6.21. The van der Waals surface area contributed by atoms with Gasteiger partial charge in [0.1, 0.15) is 5.82 Å². The number of amides is 1. The topological polar surface area (TPSA) is 54.5 Å². The van der Waals surface area contributed by atoms with Crippen LogP contribution in [-0.2, 0) is 9.59 Å². The zero-order valence-electron chi connectivity index (χ0n) is 21.7. The number of likely N-dealkylation sites (tertiary alicyclic amines) is 1. The fourth-order valence-electron chi connectivity index (χ4n) is 9.45. The number of carbonyl (C=O) groups is 3. The van der Waals surface area contributed by atoms with Gasteiger partial charge in [-0.05, 0) is 97.5 Å². The summed E-state index contributed by atoms with van der Waals surface area (Å²) >= 11 is 0. The molecule has 1 aliphatic heterocycles. The normalized spacial score (nSPS) is 39.4. The molecule has 3 aliphatic carbocycles. The molecular weight excluding hydrogens is 441 g/mol. The van der Waals surface area contributed by atoms with Crippen LogP contribution in [0.2, 0.25) is 0 Å². The van der Waals surface area contributed by atoms with Crippen LogP contribution in [0.5, 0.6) is 0 Å². The van der Waals surface area contributed by atoms with Crippen LogP contribution >= 0.6 is 0 Å². The van der Waals surface area contributed by atoms with E-state index in [0.717, 1.165) is 25.7 Å². The van der Waals surface area contributed by atoms with Crippen molar-refractivity contribution in [2.45, 2.75) is 84.6 Å². The van der Waals surface area contributed by atoms with Crippen LogP contribution in [0.4, 0.5) is 4.39 Å². The van der Waals surface area contributed by atoms with Crippen LogP contribution in [0.25, 0.3) is 0 Å². The Morgan fingerprint density at radius 3 is 2.49 bits per heavy atom. The molecule has 8 atom stereocenters. The van der Waals surface area contributed by atoms with Gasteiger partial charge in [-0.1, -0.05) is 32.9 Å². The van der Waals surface area contributed by atoms with E-state index in [4.69, 9.17) is 0 Å². The van der Waals surface area contributed by atoms with Crippen molar-refractivity contribution >= 4 is 17.5 Å². The average molecular weight is 482 g/mol. The Hall–Kier alpha value is -2.04. The number of fused-ring (bicyclic) bond motifs is 5. The average Bonchev–Trinajstić information content (AvgIpc) is 3.19. The second kappa shape index (κ2) is 8.81. The quantitative estimate of drug-likeness (QED) is 0.378. The molecule has 0 aromatic heterocycles. The Bertz CT molecular complexity index is 1040. The molecule has 0 N–H and O–H groups in total. The predicted molar refractivity (Wildman–Crippen MR) is 133 cm³/mol. The number of piperidine rings is 1. The van der Waals surface area contributed by atoms with Crippen molar-refractivity contribution in [2.24, 2.45) is 40.4 Å². The summed E-state index contributed by atoms with van der Waals surface area (Å²) in [5.41, 5.74) is 0.280. The van der Waals surface area contributed by atoms with Crippen LogP contribution in [0.15, 0.2) is 24.3 Å². The van der Waals surface area contributed by atoms with Gasteiger partial charge in [-0.25, -0.2) is 4.39 Å². The highest BCUT2D eigenvalue weighted by atomic mass is 19.1. The molecular formula is C30H40FNO3. The Balaban J connectivity index is 1.30. The summed E-state index contributed by atoms with van der Waals surface area (Å²) in [5, 5.41) is 0. The molecule has 1 aromatic rings. The lowest BCUT2D eigenvalue weighted by Crippen LogP contribution is -2.61. The Labute approximate surface area is 209 Å². The highest BCUT2D eigenvalue weighted by Crippen LogP contribution is 2.67. The maximum absolute atomic E-state index is 14.1. The molecule has 1 amide bonds. The molecule has 0 spiro atoms. The smallest absolute Gasteiger partial charge is 0.231 e. The minimum Gasteiger partial charge on any atom is -0.342 e. The van der Waals surface area contributed by atoms with E-state index >= 15 is 0 Å². The van der Waals surface area contributed by atoms with Crippen molar-refractivity contribution in [3.8, 4) is 0 Å². The van der Waals surface area contributed by atoms with Crippen LogP contribution in [-0.4, -0.2) is 35.5 Å². The number of ketones is 2. The van der Waals surface area contributed by atoms with E-state index in [-0.39, 0.29) is 28.7 Å². The first-order valence-corrected chi connectivity index (χ1v) is 13.7. The molecule has 1 saturated heterocycles. The van der Waals surface area contributed by atoms with Gasteiger partial charge in [-0.3, -0.25) is 14.4 Å². The Morgan fingerprint density at radius 2 is 1.74 bits per heavy atom. The van der Waals surface area contributed by atoms with Gasteiger partial charge in [0.25, 0.3) is 0 Å². The molecule has 0 bridgehead atoms. The SMILES string of the molecule is C[C@H](CC(=O)C(=O)c1ccccc1F)[C@H]1CC[C@H]2[C@@H]3CC[C@H]4N(C)C(=O)CC[C@]4(C)[C@H]3CC[C@]12C. The maximum atomic E-state index is 14.1. The van der Waals surface area contributed by atoms with Crippen molar-refractivity contribution < 1.29 is 18.8 Å². The first-order valence-electron chi connectivity index (χ1n) is 13.7. The van der Waals surface area contributed by atoms with E-state index < -0.39 is 17.4 Å². The molecule has 190 valence electrons. The number of hydrogen-bond acceptors (Lipinski definition) is 3. The summed E-state index contributed by atoms with van der Waals surface area (Å²) in [6.07, 6.45) is 8.81. The molecule has 5 rings (SSSR count). The fraction of sp³-hybridized carbons (Fsp3) is 0.700. The monoisotopic (exact) mass is 481 g/mol. The van der Waals surface area contributed by atoms with E-state index in [1.165, 1.54) is 37.5 Å². The predicted octanol–water partition coefficient (Wildman–Crippen LogP) is 6.08. The second-order valence-corrected chi connectivity index (χ2v) is 12.6. The molecule has 4 fully saturated rings. The lowest BCUT2D eigenvalue weighted by Gasteiger charge is -2.62. The summed E-state index contributed by atoms with van der Waals surface area (Å²) in [4.78, 5) is 40.0. The van der Waals surface area contributed by atoms with Gasteiger partial charge >= 0.3 is 0 Å². The summed E-state index contributed by atoms with van der Waals surface area (Å²) in [5.74, 6) is 1.03. The van der Waals surface area contributed by atoms with Crippen molar-refractivity contribution in [2.75, 3.05) is 7.05 Å². The van der Waals surface area contributed by atoms with E-state index in [1.54, 1.807) is 6.07 Å². The second-order valence-electron chi connectivity index (χ2n) is 12.6. The molecule has 5 heteroatoms. The highest BCUT2D eigenvalue weighted by molar-refractivity contribution is 6.43. The molecule has 3 saturated carbocycles. The number of hydrogen-bond donors (Lipinski definition) is 0. The zero-order valence-corrected chi connectivity index (χ0v) is 21.7. The molecule has 0 radical (unpaired) electrons. The molecule has 4 nitrogen and oxygen atoms in total. The van der Waals surface area contributed by atoms with Crippen molar-refractivity contribution in [3.05, 3.63) is 35.6 Å². The van der Waals surface area contributed by atoms with Crippen molar-refractivity contribution in [3.63, 3.8) is 0 Å². The first-order chi connectivity index (χ1) is 16.6. The largest absolute Gasteiger partial charge is 0.342 e. The third kappa shape index (κ3) is 3.79. The number of rotatable bonds is 5. The summed E-state index contributed by atoms with van der Waals surface area (Å²) < 4.78 is 14.1. The summed E-state index contributed by atoms with van der Waals surface area (Å²) in [6.45, 7) is 7.01. The molecule has 1 aromatic carbocycles. The number of halogens is 1. The highest BCUT2D eigenvalue weighted by Gasteiger charge is 2.61. The van der Waals surface area contributed by atoms with Crippen LogP contribution in [0.1, 0.15) is 88.9 Å². The lowest BCUT2D eigenvalue weighted by atomic mass is 9.46. The van der Waals surface area contributed by atoms with E-state index in [9.17, 15) is 18.8 Å². The van der Waals surface area contributed by atoms with E-state index in [0.29, 0.717) is 42.0 Å². The minimum atomic E-state index is -0.694. The number of carbonyl (C=O) groups excluding carboxylic acids is 3. The van der Waals surface area contributed by atoms with Gasteiger partial charge in [0.2, 0.25) is 17.5 Å². The minimum absolute atomic E-state index is 0.107. The molecule has 4 aliphatic rings. The van der Waals surface area contributed by atoms with Gasteiger partial charge in [-0.15, -0.1) is 0 Å². The number of Topliss-reactive ketones (excluding diaryl/α,β-unsaturated/α-hetero) is 2. The van der Waals surface area contributed by atoms with Gasteiger partial charge in [-0.2, -0.15) is 0 Å². The number of nitrogens with zero attached hydrogens (tertiary/aromatic N) is 1. The lowest BCUT2D eigenvalue weighted by molar-refractivity contribution is -0.159. The van der Waals surface area contributed by atoms with Gasteiger partial charge in [0.15, 0.2) is 0 Å². The number of benzene rings is 1. The molecule has 0 unspecified atom stereocenters. The Morgan fingerprint density at radius 1 is 1.03 bits per heavy atom. The summed E-state index contributed by atoms with van der Waals surface area (Å²) in [6, 6.07) is 6.14. The summed E-state index contributed by atoms with van der Waals surface area (Å²) in [7, 11) is 2.00. The van der Waals surface area contributed by atoms with Gasteiger partial charge in [0, 0.05) is 25.9 Å². The third-order valence-electron chi connectivity index (χ3n) is 11.2. The van der Waals surface area contributed by atoms with E-state index in [2.05, 4.69) is 20.8 Å². The van der Waals surface area contributed by atoms with Crippen molar-refractivity contribution in [1.82, 2.24) is 4.90 Å². The standard InChI is InChI=1S/C30H40FNO3/c1-18(17-25(33)28(35)20-7-5-6-8-24(20)31)21-10-11-22-19-9-12-26-30(3,16-14-27(34)32(26)4)23(19)13-15-29(21,22)2/h5-8,18-19,21-23,26H,9-17H2,1-4H3/t18-,19+,21-,22+,23+,26-,29-,30-/m1/s1. The third-order valence-corrected chi connectivity index (χ3v) is 11.2. The van der Waals surface area contributed by atoms with E-state index in [1.807, 2.05) is 11.9 Å².